The number of aliphatic carboxylic acids is 1. The van der Waals surface area contributed by atoms with Crippen LogP contribution in [0.25, 0.3) is 0 Å². The second-order valence-corrected chi connectivity index (χ2v) is 3.92. The van der Waals surface area contributed by atoms with Crippen LogP contribution in [0.3, 0.4) is 0 Å². The molecule has 0 amide bonds. The summed E-state index contributed by atoms with van der Waals surface area (Å²) in [5, 5.41) is 18.5. The molecular weight excluding hydrogens is 180 g/mol. The van der Waals surface area contributed by atoms with E-state index in [1.807, 2.05) is 19.9 Å². The Labute approximate surface area is 83.8 Å². The highest BCUT2D eigenvalue weighted by molar-refractivity contribution is 5.74. The van der Waals surface area contributed by atoms with Gasteiger partial charge in [0, 0.05) is 5.92 Å². The van der Waals surface area contributed by atoms with Gasteiger partial charge in [0.05, 0.1) is 12.0 Å². The van der Waals surface area contributed by atoms with Crippen LogP contribution in [0.5, 0.6) is 0 Å². The fourth-order valence-electron chi connectivity index (χ4n) is 1.62. The van der Waals surface area contributed by atoms with E-state index in [9.17, 15) is 9.90 Å². The van der Waals surface area contributed by atoms with Crippen LogP contribution in [-0.4, -0.2) is 22.3 Å². The Balaban J connectivity index is 2.92. The highest BCUT2D eigenvalue weighted by Gasteiger charge is 2.23. The van der Waals surface area contributed by atoms with E-state index in [0.29, 0.717) is 0 Å². The molecular formula is C11H16O3. The van der Waals surface area contributed by atoms with Crippen molar-refractivity contribution in [3.05, 3.63) is 23.3 Å². The molecule has 0 aromatic carbocycles. The van der Waals surface area contributed by atoms with Crippen molar-refractivity contribution in [3.8, 4) is 0 Å². The van der Waals surface area contributed by atoms with Gasteiger partial charge in [-0.25, -0.2) is 0 Å². The van der Waals surface area contributed by atoms with Gasteiger partial charge in [0.25, 0.3) is 0 Å². The lowest BCUT2D eigenvalue weighted by Gasteiger charge is -2.24. The summed E-state index contributed by atoms with van der Waals surface area (Å²) in [5.41, 5.74) is 1.62. The molecule has 0 aliphatic heterocycles. The van der Waals surface area contributed by atoms with Crippen molar-refractivity contribution in [2.45, 2.75) is 26.9 Å². The summed E-state index contributed by atoms with van der Waals surface area (Å²) < 4.78 is 0. The molecule has 0 aromatic heterocycles. The highest BCUT2D eigenvalue weighted by Crippen LogP contribution is 2.26. The lowest BCUT2D eigenvalue weighted by molar-refractivity contribution is -0.139. The van der Waals surface area contributed by atoms with Crippen molar-refractivity contribution >= 4 is 5.97 Å². The van der Waals surface area contributed by atoms with Crippen molar-refractivity contribution in [3.63, 3.8) is 0 Å². The Hall–Kier alpha value is -1.09. The van der Waals surface area contributed by atoms with E-state index in [2.05, 4.69) is 0 Å². The zero-order valence-electron chi connectivity index (χ0n) is 8.69. The number of hydrogen-bond donors (Lipinski definition) is 2. The number of allylic oxidation sites excluding steroid dienone is 1. The van der Waals surface area contributed by atoms with Crippen LogP contribution in [-0.2, 0) is 4.79 Å². The topological polar surface area (TPSA) is 57.5 Å². The first-order valence-corrected chi connectivity index (χ1v) is 4.74. The lowest BCUT2D eigenvalue weighted by atomic mass is 9.85. The average molecular weight is 196 g/mol. The third-order valence-electron chi connectivity index (χ3n) is 2.68. The molecule has 0 aromatic rings. The van der Waals surface area contributed by atoms with Gasteiger partial charge >= 0.3 is 5.97 Å². The number of carboxylic acids is 1. The van der Waals surface area contributed by atoms with Gasteiger partial charge in [0.15, 0.2) is 0 Å². The fraction of sp³-hybridized carbons (Fsp3) is 0.545. The third kappa shape index (κ3) is 2.04. The van der Waals surface area contributed by atoms with Gasteiger partial charge in [-0.2, -0.15) is 0 Å². The fourth-order valence-corrected chi connectivity index (χ4v) is 1.62. The van der Waals surface area contributed by atoms with Crippen molar-refractivity contribution in [2.24, 2.45) is 11.8 Å². The minimum atomic E-state index is -0.830. The minimum absolute atomic E-state index is 0.00296. The van der Waals surface area contributed by atoms with E-state index in [1.165, 1.54) is 0 Å². The zero-order chi connectivity index (χ0) is 10.9. The van der Waals surface area contributed by atoms with Gasteiger partial charge in [-0.15, -0.1) is 0 Å². The second-order valence-electron chi connectivity index (χ2n) is 3.92. The Kier molecular flexibility index (Phi) is 3.11. The lowest BCUT2D eigenvalue weighted by Crippen LogP contribution is -2.23. The van der Waals surface area contributed by atoms with Crippen molar-refractivity contribution in [1.29, 1.82) is 0 Å². The molecule has 0 bridgehead atoms. The maximum absolute atomic E-state index is 10.8. The van der Waals surface area contributed by atoms with Crippen molar-refractivity contribution < 1.29 is 15.0 Å². The smallest absolute Gasteiger partial charge is 0.310 e. The second kappa shape index (κ2) is 3.96. The molecule has 3 atom stereocenters. The number of carbonyl (C=O) groups is 1. The molecule has 0 saturated carbocycles. The Bertz CT molecular complexity index is 302. The largest absolute Gasteiger partial charge is 0.481 e. The van der Waals surface area contributed by atoms with Crippen LogP contribution in [0.15, 0.2) is 23.3 Å². The van der Waals surface area contributed by atoms with Crippen LogP contribution in [0.2, 0.25) is 0 Å². The molecule has 2 N–H and O–H groups in total. The van der Waals surface area contributed by atoms with Crippen LogP contribution in [0, 0.1) is 11.8 Å². The summed E-state index contributed by atoms with van der Waals surface area (Å²) in [6.45, 7) is 5.36. The van der Waals surface area contributed by atoms with Gasteiger partial charge in [-0.05, 0) is 25.0 Å². The van der Waals surface area contributed by atoms with E-state index in [1.54, 1.807) is 13.0 Å². The first kappa shape index (κ1) is 11.0. The quantitative estimate of drug-likeness (QED) is 0.705. The summed E-state index contributed by atoms with van der Waals surface area (Å²) >= 11 is 0. The molecule has 3 heteroatoms. The summed E-state index contributed by atoms with van der Waals surface area (Å²) in [6.07, 6.45) is 3.12. The van der Waals surface area contributed by atoms with Crippen LogP contribution >= 0.6 is 0 Å². The molecule has 3 unspecified atom stereocenters. The average Bonchev–Trinajstić information content (AvgIpc) is 2.12. The summed E-state index contributed by atoms with van der Waals surface area (Å²) in [6, 6.07) is 0. The molecule has 1 rings (SSSR count). The zero-order valence-corrected chi connectivity index (χ0v) is 8.69. The van der Waals surface area contributed by atoms with E-state index >= 15 is 0 Å². The predicted octanol–water partition coefficient (Wildman–Crippen LogP) is 1.59. The van der Waals surface area contributed by atoms with Gasteiger partial charge in [0.2, 0.25) is 0 Å². The van der Waals surface area contributed by atoms with Gasteiger partial charge in [-0.1, -0.05) is 19.1 Å². The first-order chi connectivity index (χ1) is 6.43. The number of rotatable bonds is 2. The van der Waals surface area contributed by atoms with Crippen LogP contribution < -0.4 is 0 Å². The van der Waals surface area contributed by atoms with E-state index in [0.717, 1.165) is 11.1 Å². The number of carboxylic acid groups (broad SMARTS) is 1. The molecule has 0 saturated heterocycles. The molecule has 3 nitrogen and oxygen atoms in total. The minimum Gasteiger partial charge on any atom is -0.481 e. The first-order valence-electron chi connectivity index (χ1n) is 4.74. The number of aliphatic hydroxyl groups excluding tert-OH is 1. The molecule has 1 aliphatic carbocycles. The Morgan fingerprint density at radius 1 is 1.57 bits per heavy atom. The van der Waals surface area contributed by atoms with E-state index < -0.39 is 18.0 Å². The molecule has 0 fully saturated rings. The molecule has 1 aliphatic rings. The normalized spacial score (nSPS) is 29.1. The standard InChI is InChI=1S/C11H16O3/c1-6-4-9(8(3)11(13)14)5-7(2)10(6)12/h4-6,8,10,12H,1-3H3,(H,13,14). The van der Waals surface area contributed by atoms with E-state index in [-0.39, 0.29) is 5.92 Å². The van der Waals surface area contributed by atoms with Crippen molar-refractivity contribution in [1.82, 2.24) is 0 Å². The third-order valence-corrected chi connectivity index (χ3v) is 2.68. The summed E-state index contributed by atoms with van der Waals surface area (Å²) in [4.78, 5) is 10.8. The monoisotopic (exact) mass is 196 g/mol. The number of aliphatic hydroxyl groups is 1. The maximum atomic E-state index is 10.8. The summed E-state index contributed by atoms with van der Waals surface area (Å²) in [5.74, 6) is -1.33. The maximum Gasteiger partial charge on any atom is 0.310 e. The van der Waals surface area contributed by atoms with Crippen molar-refractivity contribution in [2.75, 3.05) is 0 Å². The van der Waals surface area contributed by atoms with Gasteiger partial charge in [-0.3, -0.25) is 4.79 Å². The van der Waals surface area contributed by atoms with Gasteiger partial charge < -0.3 is 10.2 Å². The molecule has 0 radical (unpaired) electrons. The van der Waals surface area contributed by atoms with Gasteiger partial charge in [0.1, 0.15) is 0 Å². The molecule has 0 spiro atoms. The predicted molar refractivity (Wildman–Crippen MR) is 53.8 cm³/mol. The Morgan fingerprint density at radius 2 is 2.14 bits per heavy atom. The highest BCUT2D eigenvalue weighted by atomic mass is 16.4. The van der Waals surface area contributed by atoms with Crippen LogP contribution in [0.1, 0.15) is 20.8 Å². The Morgan fingerprint density at radius 3 is 2.57 bits per heavy atom. The SMILES string of the molecule is CC1=CC(C(C)C(=O)O)=CC(C)C1O. The van der Waals surface area contributed by atoms with Crippen LogP contribution in [0.4, 0.5) is 0 Å². The molecule has 78 valence electrons. The van der Waals surface area contributed by atoms with E-state index in [4.69, 9.17) is 5.11 Å². The number of hydrogen-bond acceptors (Lipinski definition) is 2. The summed E-state index contributed by atoms with van der Waals surface area (Å²) in [7, 11) is 0. The molecule has 14 heavy (non-hydrogen) atoms. The molecule has 0 heterocycles.